The van der Waals surface area contributed by atoms with E-state index in [1.165, 1.54) is 11.3 Å². The van der Waals surface area contributed by atoms with Crippen LogP contribution in [0, 0.1) is 0 Å². The Bertz CT molecular complexity index is 778. The molecule has 0 saturated carbocycles. The minimum Gasteiger partial charge on any atom is -0.497 e. The molecule has 0 radical (unpaired) electrons. The number of methoxy groups -OCH3 is 1. The van der Waals surface area contributed by atoms with Crippen molar-refractivity contribution in [3.8, 4) is 17.0 Å². The molecule has 0 saturated heterocycles. The van der Waals surface area contributed by atoms with Crippen LogP contribution >= 0.6 is 11.3 Å². The topological polar surface area (TPSA) is 69.0 Å². The summed E-state index contributed by atoms with van der Waals surface area (Å²) in [6, 6.07) is 9.29. The van der Waals surface area contributed by atoms with Gasteiger partial charge in [0.25, 0.3) is 5.91 Å². The van der Waals surface area contributed by atoms with Crippen LogP contribution in [0.2, 0.25) is 0 Å². The summed E-state index contributed by atoms with van der Waals surface area (Å²) in [6.45, 7) is 0. The van der Waals surface area contributed by atoms with Gasteiger partial charge in [-0.1, -0.05) is 0 Å². The second kappa shape index (κ2) is 5.98. The molecule has 6 nitrogen and oxygen atoms in total. The van der Waals surface area contributed by atoms with Crippen LogP contribution < -0.4 is 10.1 Å². The maximum atomic E-state index is 12.3. The maximum Gasteiger partial charge on any atom is 0.275 e. The van der Waals surface area contributed by atoms with E-state index in [-0.39, 0.29) is 5.91 Å². The molecule has 0 atom stereocenters. The number of hydrogen-bond acceptors (Lipinski definition) is 5. The van der Waals surface area contributed by atoms with Gasteiger partial charge in [0.15, 0.2) is 5.13 Å². The monoisotopic (exact) mass is 314 g/mol. The van der Waals surface area contributed by atoms with Crippen LogP contribution in [0.25, 0.3) is 11.3 Å². The Morgan fingerprint density at radius 3 is 2.73 bits per heavy atom. The molecular formula is C15H14N4O2S. The molecule has 1 aromatic carbocycles. The highest BCUT2D eigenvalue weighted by Crippen LogP contribution is 2.22. The zero-order valence-corrected chi connectivity index (χ0v) is 12.9. The molecule has 1 amide bonds. The lowest BCUT2D eigenvalue weighted by Crippen LogP contribution is -2.15. The van der Waals surface area contributed by atoms with Crippen molar-refractivity contribution < 1.29 is 9.53 Å². The van der Waals surface area contributed by atoms with Gasteiger partial charge in [0.05, 0.1) is 12.8 Å². The quantitative estimate of drug-likeness (QED) is 0.804. The predicted octanol–water partition coefficient (Wildman–Crippen LogP) is 2.80. The first-order valence-corrected chi connectivity index (χ1v) is 7.44. The van der Waals surface area contributed by atoms with Crippen LogP contribution in [0.1, 0.15) is 10.5 Å². The maximum absolute atomic E-state index is 12.3. The number of aromatic nitrogens is 3. The highest BCUT2D eigenvalue weighted by atomic mass is 32.1. The summed E-state index contributed by atoms with van der Waals surface area (Å²) in [5, 5.41) is 9.51. The Kier molecular flexibility index (Phi) is 3.88. The van der Waals surface area contributed by atoms with Gasteiger partial charge < -0.3 is 4.74 Å². The van der Waals surface area contributed by atoms with Crippen molar-refractivity contribution >= 4 is 22.4 Å². The average molecular weight is 314 g/mol. The van der Waals surface area contributed by atoms with Gasteiger partial charge in [-0.05, 0) is 30.3 Å². The van der Waals surface area contributed by atoms with E-state index in [2.05, 4.69) is 15.4 Å². The minimum absolute atomic E-state index is 0.232. The van der Waals surface area contributed by atoms with E-state index >= 15 is 0 Å². The van der Waals surface area contributed by atoms with Gasteiger partial charge in [-0.2, -0.15) is 5.10 Å². The van der Waals surface area contributed by atoms with Gasteiger partial charge in [0.1, 0.15) is 11.4 Å². The summed E-state index contributed by atoms with van der Waals surface area (Å²) in [4.78, 5) is 16.3. The Morgan fingerprint density at radius 1 is 1.32 bits per heavy atom. The molecule has 0 unspecified atom stereocenters. The van der Waals surface area contributed by atoms with E-state index in [4.69, 9.17) is 4.74 Å². The summed E-state index contributed by atoms with van der Waals surface area (Å²) in [5.41, 5.74) is 2.13. The zero-order chi connectivity index (χ0) is 15.5. The Labute approximate surface area is 131 Å². The van der Waals surface area contributed by atoms with Gasteiger partial charge in [-0.3, -0.25) is 14.8 Å². The molecule has 1 N–H and O–H groups in total. The number of anilines is 1. The fourth-order valence-electron chi connectivity index (χ4n) is 2.03. The van der Waals surface area contributed by atoms with Crippen molar-refractivity contribution in [2.45, 2.75) is 0 Å². The summed E-state index contributed by atoms with van der Waals surface area (Å²) >= 11 is 1.37. The Hall–Kier alpha value is -2.67. The third-order valence-corrected chi connectivity index (χ3v) is 3.84. The van der Waals surface area contributed by atoms with Crippen molar-refractivity contribution in [3.63, 3.8) is 0 Å². The lowest BCUT2D eigenvalue weighted by Gasteiger charge is -2.00. The zero-order valence-electron chi connectivity index (χ0n) is 12.1. The second-order valence-electron chi connectivity index (χ2n) is 4.56. The number of rotatable bonds is 4. The first-order valence-electron chi connectivity index (χ1n) is 6.56. The van der Waals surface area contributed by atoms with Crippen LogP contribution in [0.5, 0.6) is 5.75 Å². The van der Waals surface area contributed by atoms with E-state index < -0.39 is 0 Å². The second-order valence-corrected chi connectivity index (χ2v) is 5.45. The number of amides is 1. The first kappa shape index (κ1) is 14.3. The van der Waals surface area contributed by atoms with Gasteiger partial charge in [-0.15, -0.1) is 11.3 Å². The predicted molar refractivity (Wildman–Crippen MR) is 85.3 cm³/mol. The number of ether oxygens (including phenoxy) is 1. The third-order valence-electron chi connectivity index (χ3n) is 3.15. The van der Waals surface area contributed by atoms with E-state index in [1.807, 2.05) is 29.6 Å². The van der Waals surface area contributed by atoms with Crippen molar-refractivity contribution in [2.75, 3.05) is 12.4 Å². The summed E-state index contributed by atoms with van der Waals surface area (Å²) in [7, 11) is 3.36. The number of nitrogens with one attached hydrogen (secondary N) is 1. The standard InChI is InChI=1S/C15H14N4O2S/c1-19-13(14(20)17-15-16-7-8-22-15)9-12(18-19)10-3-5-11(21-2)6-4-10/h3-9H,1-2H3,(H,16,17,20). The van der Waals surface area contributed by atoms with Crippen LogP contribution in [0.4, 0.5) is 5.13 Å². The average Bonchev–Trinajstić information content (AvgIpc) is 3.17. The smallest absolute Gasteiger partial charge is 0.275 e. The minimum atomic E-state index is -0.232. The molecule has 0 fully saturated rings. The molecule has 22 heavy (non-hydrogen) atoms. The SMILES string of the molecule is COc1ccc(-c2cc(C(=O)Nc3nccs3)n(C)n2)cc1. The molecule has 2 aromatic heterocycles. The van der Waals surface area contributed by atoms with E-state index in [1.54, 1.807) is 31.1 Å². The van der Waals surface area contributed by atoms with Crippen molar-refractivity contribution in [1.82, 2.24) is 14.8 Å². The number of nitrogens with zero attached hydrogens (tertiary/aromatic N) is 3. The molecule has 0 aliphatic carbocycles. The Balaban J connectivity index is 1.84. The molecule has 3 rings (SSSR count). The normalized spacial score (nSPS) is 10.5. The first-order chi connectivity index (χ1) is 10.7. The van der Waals surface area contributed by atoms with Crippen molar-refractivity contribution in [1.29, 1.82) is 0 Å². The number of carbonyl (C=O) groups is 1. The van der Waals surface area contributed by atoms with E-state index in [0.29, 0.717) is 10.8 Å². The van der Waals surface area contributed by atoms with Crippen LogP contribution in [-0.2, 0) is 7.05 Å². The molecule has 3 aromatic rings. The molecule has 112 valence electrons. The van der Waals surface area contributed by atoms with Crippen molar-refractivity contribution in [2.24, 2.45) is 7.05 Å². The number of hydrogen-bond donors (Lipinski definition) is 1. The fourth-order valence-corrected chi connectivity index (χ4v) is 2.55. The lowest BCUT2D eigenvalue weighted by atomic mass is 10.1. The number of carbonyl (C=O) groups excluding carboxylic acids is 1. The van der Waals surface area contributed by atoms with Crippen LogP contribution in [0.3, 0.4) is 0 Å². The molecule has 2 heterocycles. The number of thiazole rings is 1. The number of aryl methyl sites for hydroxylation is 1. The lowest BCUT2D eigenvalue weighted by molar-refractivity contribution is 0.101. The fraction of sp³-hybridized carbons (Fsp3) is 0.133. The highest BCUT2D eigenvalue weighted by molar-refractivity contribution is 7.13. The summed E-state index contributed by atoms with van der Waals surface area (Å²) in [6.07, 6.45) is 1.65. The van der Waals surface area contributed by atoms with E-state index in [9.17, 15) is 4.79 Å². The molecule has 0 aliphatic rings. The van der Waals surface area contributed by atoms with Crippen molar-refractivity contribution in [3.05, 3.63) is 47.6 Å². The van der Waals surface area contributed by atoms with Crippen LogP contribution in [0.15, 0.2) is 41.9 Å². The van der Waals surface area contributed by atoms with E-state index in [0.717, 1.165) is 17.0 Å². The molecule has 7 heteroatoms. The summed E-state index contributed by atoms with van der Waals surface area (Å²) < 4.78 is 6.69. The van der Waals surface area contributed by atoms with Gasteiger partial charge >= 0.3 is 0 Å². The van der Waals surface area contributed by atoms with Gasteiger partial charge in [0, 0.05) is 24.2 Å². The summed E-state index contributed by atoms with van der Waals surface area (Å²) in [5.74, 6) is 0.547. The Morgan fingerprint density at radius 2 is 2.09 bits per heavy atom. The highest BCUT2D eigenvalue weighted by Gasteiger charge is 2.15. The van der Waals surface area contributed by atoms with Gasteiger partial charge in [-0.25, -0.2) is 4.98 Å². The molecule has 0 spiro atoms. The largest absolute Gasteiger partial charge is 0.497 e. The number of benzene rings is 1. The molecule has 0 bridgehead atoms. The van der Waals surface area contributed by atoms with Gasteiger partial charge in [0.2, 0.25) is 0 Å². The third kappa shape index (κ3) is 2.84. The molecular weight excluding hydrogens is 300 g/mol. The molecule has 0 aliphatic heterocycles. The van der Waals surface area contributed by atoms with Crippen LogP contribution in [-0.4, -0.2) is 27.8 Å².